The van der Waals surface area contributed by atoms with Gasteiger partial charge in [0.25, 0.3) is 0 Å². The minimum absolute atomic E-state index is 0.0111. The fourth-order valence-corrected chi connectivity index (χ4v) is 4.49. The second-order valence-corrected chi connectivity index (χ2v) is 12.9. The van der Waals surface area contributed by atoms with Gasteiger partial charge < -0.3 is 13.3 Å². The van der Waals surface area contributed by atoms with Crippen molar-refractivity contribution < 1.29 is 57.2 Å². The molecule has 0 bridgehead atoms. The molecule has 38 heavy (non-hydrogen) atoms. The second kappa shape index (κ2) is 18.1. The summed E-state index contributed by atoms with van der Waals surface area (Å²) in [6.07, 6.45) is 15.5. The molecule has 0 aromatic rings. The molecule has 0 N–H and O–H groups in total. The third-order valence-corrected chi connectivity index (χ3v) is 7.55. The highest BCUT2D eigenvalue weighted by molar-refractivity contribution is 8.13. The molecule has 0 aliphatic rings. The number of carbonyl (C=O) groups is 1. The molecule has 0 heterocycles. The molecule has 8 nitrogen and oxygen atoms in total. The van der Waals surface area contributed by atoms with E-state index in [2.05, 4.69) is 27.7 Å². The first-order chi connectivity index (χ1) is 17.2. The summed E-state index contributed by atoms with van der Waals surface area (Å²) < 4.78 is 116. The van der Waals surface area contributed by atoms with Crippen LogP contribution in [0.4, 0.5) is 26.3 Å². The van der Waals surface area contributed by atoms with Crippen LogP contribution in [0.5, 0.6) is 0 Å². The zero-order valence-corrected chi connectivity index (χ0v) is 23.7. The van der Waals surface area contributed by atoms with Crippen molar-refractivity contribution in [1.82, 2.24) is 0 Å². The van der Waals surface area contributed by atoms with E-state index in [0.29, 0.717) is 13.0 Å². The van der Waals surface area contributed by atoms with Crippen molar-refractivity contribution in [2.24, 2.45) is 0 Å². The van der Waals surface area contributed by atoms with Crippen molar-refractivity contribution in [3.63, 3.8) is 0 Å². The highest BCUT2D eigenvalue weighted by atomic mass is 32.3. The third-order valence-electron chi connectivity index (χ3n) is 4.81. The third kappa shape index (κ3) is 20.6. The maximum absolute atomic E-state index is 11.6. The van der Waals surface area contributed by atoms with Gasteiger partial charge in [-0.05, 0) is 44.9 Å². The molecule has 0 amide bonds. The topological polar surface area (TPSA) is 109 Å². The second-order valence-electron chi connectivity index (χ2n) is 9.51. The van der Waals surface area contributed by atoms with Crippen LogP contribution in [0.2, 0.25) is 0 Å². The van der Waals surface area contributed by atoms with Gasteiger partial charge in [-0.3, -0.25) is 4.79 Å². The average Bonchev–Trinajstić information content (AvgIpc) is 2.72. The Hall–Kier alpha value is -1.39. The van der Waals surface area contributed by atoms with Gasteiger partial charge in [0, 0.05) is 6.42 Å². The van der Waals surface area contributed by atoms with E-state index in [1.165, 1.54) is 45.1 Å². The van der Waals surface area contributed by atoms with Gasteiger partial charge in [0.05, 0.1) is 34.3 Å². The van der Waals surface area contributed by atoms with Crippen LogP contribution in [-0.4, -0.2) is 72.6 Å². The number of halogens is 6. The number of sulfonamides is 2. The number of ether oxygens (including phenoxy) is 1. The smallest absolute Gasteiger partial charge is 0.466 e. The number of nitrogens with zero attached hydrogens (tertiary/aromatic N) is 2. The van der Waals surface area contributed by atoms with Gasteiger partial charge in [0.2, 0.25) is 0 Å². The minimum Gasteiger partial charge on any atom is -0.466 e. The lowest BCUT2D eigenvalue weighted by molar-refractivity contribution is -0.870. The van der Waals surface area contributed by atoms with E-state index in [9.17, 15) is 48.0 Å². The molecule has 0 rings (SSSR count). The highest BCUT2D eigenvalue weighted by Gasteiger charge is 2.46. The number of unbranched alkanes of at least 4 members (excludes halogenated alkanes) is 9. The van der Waals surface area contributed by atoms with Gasteiger partial charge in [-0.25, -0.2) is 16.8 Å². The van der Waals surface area contributed by atoms with E-state index < -0.39 is 31.1 Å². The molecule has 0 radical (unpaired) electrons. The first-order valence-electron chi connectivity index (χ1n) is 12.1. The SMILES string of the molecule is C=CCCCCCCCCC(=O)OCCCCCC[N+](C)(C)C.O=S(=O)([N-]S(=O)(=O)C(F)(F)F)C(F)(F)F. The van der Waals surface area contributed by atoms with Crippen LogP contribution < -0.4 is 0 Å². The van der Waals surface area contributed by atoms with Crippen molar-refractivity contribution in [2.45, 2.75) is 88.1 Å². The van der Waals surface area contributed by atoms with E-state index in [4.69, 9.17) is 4.74 Å². The number of carbonyl (C=O) groups excluding carboxylic acids is 1. The van der Waals surface area contributed by atoms with E-state index in [1.54, 1.807) is 0 Å². The van der Waals surface area contributed by atoms with Crippen LogP contribution in [0.25, 0.3) is 4.13 Å². The number of esters is 1. The van der Waals surface area contributed by atoms with Gasteiger partial charge >= 0.3 is 17.0 Å². The summed E-state index contributed by atoms with van der Waals surface area (Å²) in [6.45, 7) is 5.55. The van der Waals surface area contributed by atoms with Gasteiger partial charge in [0.1, 0.15) is 0 Å². The van der Waals surface area contributed by atoms with Crippen molar-refractivity contribution in [2.75, 3.05) is 34.3 Å². The van der Waals surface area contributed by atoms with Gasteiger partial charge in [-0.2, -0.15) is 26.3 Å². The lowest BCUT2D eigenvalue weighted by Crippen LogP contribution is -2.35. The number of hydrogen-bond acceptors (Lipinski definition) is 6. The summed E-state index contributed by atoms with van der Waals surface area (Å²) in [5.41, 5.74) is -12.4. The molecule has 0 aromatic carbocycles. The Morgan fingerprint density at radius 3 is 1.63 bits per heavy atom. The maximum Gasteiger partial charge on any atom is 0.480 e. The summed E-state index contributed by atoms with van der Waals surface area (Å²) >= 11 is 0. The zero-order chi connectivity index (χ0) is 30.1. The number of rotatable bonds is 18. The van der Waals surface area contributed by atoms with E-state index in [-0.39, 0.29) is 5.97 Å². The Kier molecular flexibility index (Phi) is 18.4. The number of hydrogen-bond donors (Lipinski definition) is 0. The quantitative estimate of drug-likeness (QED) is 0.0608. The molecule has 0 aliphatic heterocycles. The van der Waals surface area contributed by atoms with Crippen LogP contribution in [0.15, 0.2) is 12.7 Å². The van der Waals surface area contributed by atoms with E-state index >= 15 is 0 Å². The predicted octanol–water partition coefficient (Wildman–Crippen LogP) is 6.16. The van der Waals surface area contributed by atoms with E-state index in [1.807, 2.05) is 6.08 Å². The molecule has 0 unspecified atom stereocenters. The zero-order valence-electron chi connectivity index (χ0n) is 22.1. The standard InChI is InChI=1S/C20H40NO2.C2F6NO4S2/c1-5-6-7-8-9-10-11-14-17-20(22)23-19-16-13-12-15-18-21(2,3)4;3-1(4,5)14(10,11)9-15(12,13)2(6,7)8/h5H,1,6-19H2,2-4H3;/q+1;-1. The van der Waals surface area contributed by atoms with Crippen molar-refractivity contribution in [3.05, 3.63) is 16.8 Å². The van der Waals surface area contributed by atoms with Crippen molar-refractivity contribution in [1.29, 1.82) is 0 Å². The largest absolute Gasteiger partial charge is 0.480 e. The maximum atomic E-state index is 11.6. The molecular formula is C22H40F6N2O6S2. The fraction of sp³-hybridized carbons (Fsp3) is 0.864. The minimum atomic E-state index is -6.72. The van der Waals surface area contributed by atoms with Gasteiger partial charge in [0.15, 0.2) is 20.0 Å². The molecule has 0 saturated heterocycles. The molecule has 16 heteroatoms. The van der Waals surface area contributed by atoms with Crippen LogP contribution in [0.3, 0.4) is 0 Å². The van der Waals surface area contributed by atoms with Gasteiger partial charge in [-0.15, -0.1) is 6.58 Å². The molecular weight excluding hydrogens is 566 g/mol. The summed E-state index contributed by atoms with van der Waals surface area (Å²) in [7, 11) is -6.77. The van der Waals surface area contributed by atoms with Crippen LogP contribution >= 0.6 is 0 Å². The highest BCUT2D eigenvalue weighted by Crippen LogP contribution is 2.36. The van der Waals surface area contributed by atoms with Crippen molar-refractivity contribution >= 4 is 26.0 Å². The molecule has 0 aromatic heterocycles. The molecule has 228 valence electrons. The Balaban J connectivity index is 0. The van der Waals surface area contributed by atoms with Crippen LogP contribution in [0.1, 0.15) is 77.0 Å². The van der Waals surface area contributed by atoms with Gasteiger partial charge in [-0.1, -0.05) is 31.8 Å². The molecule has 0 atom stereocenters. The summed E-state index contributed by atoms with van der Waals surface area (Å²) in [5, 5.41) is 0. The molecule has 0 fully saturated rings. The Morgan fingerprint density at radius 2 is 1.18 bits per heavy atom. The molecule has 0 spiro atoms. The number of alkyl halides is 6. The Morgan fingerprint density at radius 1 is 0.763 bits per heavy atom. The lowest BCUT2D eigenvalue weighted by atomic mass is 10.1. The fourth-order valence-electron chi connectivity index (χ4n) is 2.78. The summed E-state index contributed by atoms with van der Waals surface area (Å²) in [6, 6.07) is 0. The van der Waals surface area contributed by atoms with Crippen LogP contribution in [-0.2, 0) is 29.6 Å². The first-order valence-corrected chi connectivity index (χ1v) is 15.0. The molecule has 0 aliphatic carbocycles. The average molecular weight is 607 g/mol. The molecule has 0 saturated carbocycles. The number of allylic oxidation sites excluding steroid dienone is 1. The monoisotopic (exact) mass is 606 g/mol. The lowest BCUT2D eigenvalue weighted by Gasteiger charge is -2.23. The number of quaternary nitrogens is 1. The van der Waals surface area contributed by atoms with Crippen molar-refractivity contribution in [3.8, 4) is 0 Å². The first kappa shape index (κ1) is 38.8. The van der Waals surface area contributed by atoms with E-state index in [0.717, 1.165) is 40.7 Å². The predicted molar refractivity (Wildman–Crippen MR) is 133 cm³/mol. The summed E-state index contributed by atoms with van der Waals surface area (Å²) in [5.74, 6) is -0.0111. The summed E-state index contributed by atoms with van der Waals surface area (Å²) in [4.78, 5) is 11.6. The van der Waals surface area contributed by atoms with Crippen LogP contribution in [0, 0.1) is 0 Å². The normalized spacial score (nSPS) is 13.0. The Labute approximate surface area is 222 Å². The Bertz CT molecular complexity index is 841.